The van der Waals surface area contributed by atoms with Gasteiger partial charge in [-0.05, 0) is 68.1 Å². The van der Waals surface area contributed by atoms with E-state index in [-0.39, 0.29) is 10.8 Å². The fourth-order valence-corrected chi connectivity index (χ4v) is 6.54. The number of sulfone groups is 1. The predicted octanol–water partition coefficient (Wildman–Crippen LogP) is 5.53. The Bertz CT molecular complexity index is 1080. The summed E-state index contributed by atoms with van der Waals surface area (Å²) in [6.07, 6.45) is 0.740. The van der Waals surface area contributed by atoms with Crippen molar-refractivity contribution < 1.29 is 17.9 Å². The first kappa shape index (κ1) is 24.7. The van der Waals surface area contributed by atoms with E-state index in [1.807, 2.05) is 52.8 Å². The molecule has 1 aliphatic heterocycles. The number of amides is 1. The summed E-state index contributed by atoms with van der Waals surface area (Å²) in [6, 6.07) is 12.0. The van der Waals surface area contributed by atoms with Crippen LogP contribution >= 0.6 is 11.6 Å². The van der Waals surface area contributed by atoms with Crippen molar-refractivity contribution in [1.82, 2.24) is 0 Å². The van der Waals surface area contributed by atoms with Gasteiger partial charge in [0.05, 0.1) is 4.90 Å². The highest BCUT2D eigenvalue weighted by Gasteiger charge is 2.47. The number of hydrogen-bond acceptors (Lipinski definition) is 4. The molecule has 1 aliphatic rings. The Morgan fingerprint density at radius 1 is 1.09 bits per heavy atom. The van der Waals surface area contributed by atoms with Crippen molar-refractivity contribution >= 4 is 33.0 Å². The summed E-state index contributed by atoms with van der Waals surface area (Å²) in [5.74, 6) is 0.0328. The number of carbonyl (C=O) groups is 1. The molecule has 2 aromatic carbocycles. The van der Waals surface area contributed by atoms with Crippen LogP contribution in [0.2, 0.25) is 5.02 Å². The van der Waals surface area contributed by atoms with Gasteiger partial charge >= 0.3 is 0 Å². The molecule has 0 aliphatic carbocycles. The van der Waals surface area contributed by atoms with Crippen molar-refractivity contribution in [2.45, 2.75) is 57.1 Å². The molecule has 1 saturated heterocycles. The lowest BCUT2D eigenvalue weighted by molar-refractivity contribution is -0.125. The molecule has 0 saturated carbocycles. The van der Waals surface area contributed by atoms with Crippen LogP contribution in [0.3, 0.4) is 0 Å². The fraction of sp³-hybridized carbons (Fsp3) is 0.480. The zero-order valence-electron chi connectivity index (χ0n) is 19.4. The molecule has 0 N–H and O–H groups in total. The first-order chi connectivity index (χ1) is 14.9. The highest BCUT2D eigenvalue weighted by Crippen LogP contribution is 2.45. The molecule has 1 heterocycles. The molecule has 0 spiro atoms. The van der Waals surface area contributed by atoms with Gasteiger partial charge in [0.15, 0.2) is 9.84 Å². The molecule has 0 bridgehead atoms. The standard InChI is InChI=1S/C25H32ClNO4S/c1-6-27(23(28)24(3,4)5)22-12-7-19(17-18(22)2)25(13-15-31-16-14-25)32(29,30)21-10-8-20(26)9-11-21/h7-12,17H,6,13-16H2,1-5H3. The summed E-state index contributed by atoms with van der Waals surface area (Å²) in [5.41, 5.74) is 1.90. The van der Waals surface area contributed by atoms with E-state index < -0.39 is 20.0 Å². The fourth-order valence-electron chi connectivity index (χ4n) is 4.32. The summed E-state index contributed by atoms with van der Waals surface area (Å²) in [5, 5.41) is 0.494. The maximum Gasteiger partial charge on any atom is 0.232 e. The number of carbonyl (C=O) groups excluding carboxylic acids is 1. The molecule has 7 heteroatoms. The molecule has 32 heavy (non-hydrogen) atoms. The normalized spacial score (nSPS) is 16.6. The number of benzene rings is 2. The molecule has 174 valence electrons. The van der Waals surface area contributed by atoms with Crippen LogP contribution < -0.4 is 4.90 Å². The van der Waals surface area contributed by atoms with Gasteiger partial charge in [0.1, 0.15) is 4.75 Å². The van der Waals surface area contributed by atoms with Crippen molar-refractivity contribution in [2.24, 2.45) is 5.41 Å². The van der Waals surface area contributed by atoms with E-state index in [1.54, 1.807) is 29.2 Å². The number of rotatable bonds is 5. The van der Waals surface area contributed by atoms with Crippen LogP contribution in [-0.4, -0.2) is 34.1 Å². The second-order valence-electron chi connectivity index (χ2n) is 9.36. The van der Waals surface area contributed by atoms with E-state index >= 15 is 0 Å². The average Bonchev–Trinajstić information content (AvgIpc) is 2.75. The van der Waals surface area contributed by atoms with Gasteiger partial charge in [0.25, 0.3) is 0 Å². The van der Waals surface area contributed by atoms with Gasteiger partial charge in [-0.2, -0.15) is 0 Å². The Kier molecular flexibility index (Phi) is 7.08. The van der Waals surface area contributed by atoms with Crippen molar-refractivity contribution in [3.8, 4) is 0 Å². The lowest BCUT2D eigenvalue weighted by Crippen LogP contribution is -2.42. The Hall–Kier alpha value is -1.89. The molecule has 2 aromatic rings. The Morgan fingerprint density at radius 3 is 2.19 bits per heavy atom. The third-order valence-corrected chi connectivity index (χ3v) is 8.97. The van der Waals surface area contributed by atoms with E-state index in [4.69, 9.17) is 16.3 Å². The summed E-state index contributed by atoms with van der Waals surface area (Å²) in [6.45, 7) is 10.9. The zero-order valence-corrected chi connectivity index (χ0v) is 21.0. The van der Waals surface area contributed by atoms with Crippen molar-refractivity contribution in [2.75, 3.05) is 24.7 Å². The lowest BCUT2D eigenvalue weighted by Gasteiger charge is -2.38. The number of halogens is 1. The Labute approximate surface area is 196 Å². The number of nitrogens with zero attached hydrogens (tertiary/aromatic N) is 1. The van der Waals surface area contributed by atoms with Gasteiger partial charge in [-0.15, -0.1) is 0 Å². The first-order valence-electron chi connectivity index (χ1n) is 10.9. The maximum absolute atomic E-state index is 13.9. The number of anilines is 1. The largest absolute Gasteiger partial charge is 0.381 e. The molecular weight excluding hydrogens is 446 g/mol. The van der Waals surface area contributed by atoms with Crippen LogP contribution in [-0.2, 0) is 24.1 Å². The van der Waals surface area contributed by atoms with Crippen LogP contribution in [0.25, 0.3) is 0 Å². The molecular formula is C25H32ClNO4S. The first-order valence-corrected chi connectivity index (χ1v) is 12.8. The molecule has 0 aromatic heterocycles. The molecule has 0 unspecified atom stereocenters. The van der Waals surface area contributed by atoms with Gasteiger partial charge in [-0.3, -0.25) is 4.79 Å². The number of ether oxygens (including phenoxy) is 1. The van der Waals surface area contributed by atoms with Gasteiger partial charge in [0, 0.05) is 35.9 Å². The summed E-state index contributed by atoms with van der Waals surface area (Å²) < 4.78 is 32.2. The molecule has 3 rings (SSSR count). The van der Waals surface area contributed by atoms with Crippen LogP contribution in [0, 0.1) is 12.3 Å². The SMILES string of the molecule is CCN(C(=O)C(C)(C)C)c1ccc(C2(S(=O)(=O)c3ccc(Cl)cc3)CCOCC2)cc1C. The highest BCUT2D eigenvalue weighted by molar-refractivity contribution is 7.92. The summed E-state index contributed by atoms with van der Waals surface area (Å²) in [4.78, 5) is 15.0. The van der Waals surface area contributed by atoms with Gasteiger partial charge in [0.2, 0.25) is 5.91 Å². The number of aryl methyl sites for hydroxylation is 1. The van der Waals surface area contributed by atoms with E-state index in [2.05, 4.69) is 0 Å². The zero-order chi connectivity index (χ0) is 23.7. The lowest BCUT2D eigenvalue weighted by atomic mass is 9.88. The second-order valence-corrected chi connectivity index (χ2v) is 12.1. The Morgan fingerprint density at radius 2 is 1.69 bits per heavy atom. The summed E-state index contributed by atoms with van der Waals surface area (Å²) >= 11 is 5.99. The van der Waals surface area contributed by atoms with Crippen LogP contribution in [0.4, 0.5) is 5.69 Å². The van der Waals surface area contributed by atoms with Gasteiger partial charge in [-0.1, -0.05) is 44.5 Å². The van der Waals surface area contributed by atoms with E-state index in [0.717, 1.165) is 16.8 Å². The van der Waals surface area contributed by atoms with Crippen LogP contribution in [0.5, 0.6) is 0 Å². The van der Waals surface area contributed by atoms with Gasteiger partial charge < -0.3 is 9.64 Å². The predicted molar refractivity (Wildman–Crippen MR) is 129 cm³/mol. The minimum Gasteiger partial charge on any atom is -0.381 e. The van der Waals surface area contributed by atoms with E-state index in [9.17, 15) is 13.2 Å². The maximum atomic E-state index is 13.9. The quantitative estimate of drug-likeness (QED) is 0.568. The van der Waals surface area contributed by atoms with Crippen molar-refractivity contribution in [3.05, 3.63) is 58.6 Å². The smallest absolute Gasteiger partial charge is 0.232 e. The third-order valence-electron chi connectivity index (χ3n) is 6.16. The number of hydrogen-bond donors (Lipinski definition) is 0. The molecule has 5 nitrogen and oxygen atoms in total. The van der Waals surface area contributed by atoms with Crippen LogP contribution in [0.15, 0.2) is 47.4 Å². The second kappa shape index (κ2) is 9.16. The molecule has 0 radical (unpaired) electrons. The molecule has 1 fully saturated rings. The minimum absolute atomic E-state index is 0.0328. The van der Waals surface area contributed by atoms with E-state index in [1.165, 1.54) is 0 Å². The third kappa shape index (κ3) is 4.45. The van der Waals surface area contributed by atoms with Crippen LogP contribution in [0.1, 0.15) is 51.7 Å². The molecule has 0 atom stereocenters. The highest BCUT2D eigenvalue weighted by atomic mass is 35.5. The summed E-state index contributed by atoms with van der Waals surface area (Å²) in [7, 11) is -3.71. The topological polar surface area (TPSA) is 63.7 Å². The minimum atomic E-state index is -3.71. The molecule has 1 amide bonds. The van der Waals surface area contributed by atoms with Crippen molar-refractivity contribution in [1.29, 1.82) is 0 Å². The average molecular weight is 478 g/mol. The Balaban J connectivity index is 2.11. The van der Waals surface area contributed by atoms with E-state index in [0.29, 0.717) is 37.6 Å². The van der Waals surface area contributed by atoms with Gasteiger partial charge in [-0.25, -0.2) is 8.42 Å². The van der Waals surface area contributed by atoms with Crippen molar-refractivity contribution in [3.63, 3.8) is 0 Å². The monoisotopic (exact) mass is 477 g/mol.